The fraction of sp³-hybridized carbons (Fsp3) is 0.0417. The molecule has 0 saturated heterocycles. The molecule has 0 saturated carbocycles. The van der Waals surface area contributed by atoms with Gasteiger partial charge in [-0.1, -0.05) is 140 Å². The number of nitrogens with two attached hydrogens (primary N) is 1. The minimum Gasteiger partial charge on any atom is -0.280 e. The zero-order chi connectivity index (χ0) is 35.1. The van der Waals surface area contributed by atoms with Gasteiger partial charge in [0.1, 0.15) is 5.70 Å². The lowest BCUT2D eigenvalue weighted by molar-refractivity contribution is -0.637. The number of benzene rings is 7. The Morgan fingerprint density at radius 2 is 1.00 bits per heavy atom. The van der Waals surface area contributed by atoms with Crippen molar-refractivity contribution in [1.82, 2.24) is 19.9 Å². The molecule has 53 heavy (non-hydrogen) atoms. The average Bonchev–Trinajstić information content (AvgIpc) is 3.58. The van der Waals surface area contributed by atoms with Crippen molar-refractivity contribution < 1.29 is 5.32 Å². The second kappa shape index (κ2) is 13.1. The summed E-state index contributed by atoms with van der Waals surface area (Å²) in [5, 5.41) is 8.79. The summed E-state index contributed by atoms with van der Waals surface area (Å²) in [5.74, 6) is 0. The van der Waals surface area contributed by atoms with Crippen LogP contribution in [0.1, 0.15) is 23.5 Å². The van der Waals surface area contributed by atoms with Crippen molar-refractivity contribution in [3.05, 3.63) is 199 Å². The molecule has 3 N–H and O–H groups in total. The number of nitrogens with zero attached hydrogens (tertiary/aromatic N) is 3. The van der Waals surface area contributed by atoms with Crippen molar-refractivity contribution >= 4 is 38.5 Å². The molecule has 5 nitrogen and oxygen atoms in total. The van der Waals surface area contributed by atoms with Crippen LogP contribution in [0.5, 0.6) is 0 Å². The summed E-state index contributed by atoms with van der Waals surface area (Å²) in [6.07, 6.45) is 2.28. The Morgan fingerprint density at radius 1 is 0.453 bits per heavy atom. The van der Waals surface area contributed by atoms with Gasteiger partial charge in [-0.15, -0.1) is 0 Å². The molecule has 2 unspecified atom stereocenters. The van der Waals surface area contributed by atoms with E-state index in [0.717, 1.165) is 44.7 Å². The first-order valence-electron chi connectivity index (χ1n) is 18.2. The number of para-hydroxylation sites is 1. The number of aromatic nitrogens is 3. The highest BCUT2D eigenvalue weighted by Crippen LogP contribution is 2.37. The van der Waals surface area contributed by atoms with E-state index in [4.69, 9.17) is 9.97 Å². The van der Waals surface area contributed by atoms with Gasteiger partial charge in [0.25, 0.3) is 0 Å². The lowest BCUT2D eigenvalue weighted by atomic mass is 10.0. The molecule has 1 aliphatic rings. The molecular weight excluding hydrogens is 647 g/mol. The van der Waals surface area contributed by atoms with Crippen LogP contribution in [-0.2, 0) is 0 Å². The number of nitrogens with one attached hydrogen (secondary N) is 1. The van der Waals surface area contributed by atoms with Gasteiger partial charge in [0.2, 0.25) is 6.29 Å². The topological polar surface area (TPSA) is 59.4 Å². The second-order valence-electron chi connectivity index (χ2n) is 13.6. The summed E-state index contributed by atoms with van der Waals surface area (Å²) >= 11 is 0. The Hall–Kier alpha value is -6.66. The molecule has 3 heterocycles. The van der Waals surface area contributed by atoms with Gasteiger partial charge in [-0.2, -0.15) is 0 Å². The Balaban J connectivity index is 1.09. The molecule has 5 heteroatoms. The average molecular weight is 683 g/mol. The van der Waals surface area contributed by atoms with Crippen LogP contribution < -0.4 is 10.6 Å². The maximum absolute atomic E-state index is 5.27. The van der Waals surface area contributed by atoms with Crippen molar-refractivity contribution in [2.45, 2.75) is 12.3 Å². The Labute approximate surface area is 307 Å². The monoisotopic (exact) mass is 682 g/mol. The molecular formula is C48H36N5+. The Kier molecular flexibility index (Phi) is 7.72. The predicted octanol–water partition coefficient (Wildman–Crippen LogP) is 10.1. The van der Waals surface area contributed by atoms with Crippen LogP contribution in [0.4, 0.5) is 0 Å². The number of rotatable bonds is 6. The van der Waals surface area contributed by atoms with Crippen LogP contribution in [0.15, 0.2) is 188 Å². The molecule has 0 radical (unpaired) electrons. The molecule has 9 aromatic rings. The molecule has 2 atom stereocenters. The number of hydrogen-bond acceptors (Lipinski definition) is 3. The van der Waals surface area contributed by atoms with Crippen molar-refractivity contribution in [3.63, 3.8) is 0 Å². The van der Waals surface area contributed by atoms with E-state index < -0.39 is 0 Å². The number of quaternary nitrogens is 1. The maximum Gasteiger partial charge on any atom is 0.229 e. The lowest BCUT2D eigenvalue weighted by Crippen LogP contribution is -2.88. The first kappa shape index (κ1) is 31.1. The molecule has 0 amide bonds. The third-order valence-electron chi connectivity index (χ3n) is 10.4. The van der Waals surface area contributed by atoms with E-state index in [1.54, 1.807) is 0 Å². The number of hydrogen-bond donors (Lipinski definition) is 2. The molecule has 252 valence electrons. The minimum atomic E-state index is -0.0696. The van der Waals surface area contributed by atoms with Gasteiger partial charge in [0, 0.05) is 27.5 Å². The van der Waals surface area contributed by atoms with E-state index in [1.165, 1.54) is 38.6 Å². The second-order valence-corrected chi connectivity index (χ2v) is 13.6. The largest absolute Gasteiger partial charge is 0.280 e. The fourth-order valence-corrected chi connectivity index (χ4v) is 7.82. The van der Waals surface area contributed by atoms with Crippen LogP contribution in [0, 0.1) is 0 Å². The first-order valence-corrected chi connectivity index (χ1v) is 18.2. The van der Waals surface area contributed by atoms with Crippen LogP contribution >= 0.6 is 0 Å². The quantitative estimate of drug-likeness (QED) is 0.184. The van der Waals surface area contributed by atoms with Gasteiger partial charge < -0.3 is 0 Å². The van der Waals surface area contributed by atoms with Gasteiger partial charge in [-0.3, -0.25) is 9.88 Å². The van der Waals surface area contributed by atoms with Gasteiger partial charge in [-0.25, -0.2) is 15.3 Å². The summed E-state index contributed by atoms with van der Waals surface area (Å²) in [7, 11) is 0. The third-order valence-corrected chi connectivity index (χ3v) is 10.4. The third kappa shape index (κ3) is 5.69. The van der Waals surface area contributed by atoms with Crippen LogP contribution in [-0.4, -0.2) is 14.5 Å². The van der Waals surface area contributed by atoms with Crippen molar-refractivity contribution in [3.8, 4) is 33.6 Å². The zero-order valence-corrected chi connectivity index (χ0v) is 29.0. The Morgan fingerprint density at radius 3 is 1.70 bits per heavy atom. The van der Waals surface area contributed by atoms with Crippen molar-refractivity contribution in [2.24, 2.45) is 0 Å². The lowest BCUT2D eigenvalue weighted by Gasteiger charge is -2.30. The molecule has 0 aliphatic carbocycles. The molecule has 7 aromatic carbocycles. The van der Waals surface area contributed by atoms with E-state index in [2.05, 4.69) is 191 Å². The smallest absolute Gasteiger partial charge is 0.229 e. The molecule has 10 rings (SSSR count). The molecule has 0 bridgehead atoms. The number of fused-ring (bicyclic) bond motifs is 4. The van der Waals surface area contributed by atoms with E-state index >= 15 is 0 Å². The predicted molar refractivity (Wildman–Crippen MR) is 217 cm³/mol. The van der Waals surface area contributed by atoms with Crippen LogP contribution in [0.3, 0.4) is 0 Å². The SMILES string of the molecule is C1=C(c2ccccc2)[NH2+]C(n2c3ccccc3c3cc(-c4ccc5nc(-c6ccccc6)c(-c6ccccc6)nc5c4)ccc32)NC1c1ccccc1. The normalized spacial score (nSPS) is 15.9. The van der Waals surface area contributed by atoms with Crippen molar-refractivity contribution in [1.29, 1.82) is 0 Å². The van der Waals surface area contributed by atoms with E-state index in [-0.39, 0.29) is 12.3 Å². The van der Waals surface area contributed by atoms with Gasteiger partial charge >= 0.3 is 0 Å². The van der Waals surface area contributed by atoms with Gasteiger partial charge in [-0.05, 0) is 65.2 Å². The zero-order valence-electron chi connectivity index (χ0n) is 29.0. The first-order chi connectivity index (χ1) is 26.3. The maximum atomic E-state index is 5.27. The molecule has 0 spiro atoms. The standard InChI is InChI=1S/C48H35N5/c1-5-15-32(16-6-1)41-31-42(33-17-7-2-8-18-33)52-48(51-41)53-44-24-14-13-23-38(44)39-29-36(26-28-45(39)53)37-25-27-40-43(30-37)50-47(35-21-11-4-12-22-35)46(49-40)34-19-9-3-10-20-34/h1-31,41,48,51-52H/p+1. The summed E-state index contributed by atoms with van der Waals surface area (Å²) in [6.45, 7) is 0. The molecule has 1 aliphatic heterocycles. The van der Waals surface area contributed by atoms with Crippen LogP contribution in [0.2, 0.25) is 0 Å². The minimum absolute atomic E-state index is 0.0544. The van der Waals surface area contributed by atoms with Gasteiger partial charge in [0.05, 0.1) is 39.5 Å². The molecule has 0 fully saturated rings. The fourth-order valence-electron chi connectivity index (χ4n) is 7.82. The van der Waals surface area contributed by atoms with Crippen LogP contribution in [0.25, 0.3) is 72.2 Å². The highest BCUT2D eigenvalue weighted by atomic mass is 15.3. The molecule has 2 aromatic heterocycles. The highest BCUT2D eigenvalue weighted by Gasteiger charge is 2.30. The highest BCUT2D eigenvalue weighted by molar-refractivity contribution is 6.09. The summed E-state index contributed by atoms with van der Waals surface area (Å²) in [6, 6.07) is 64.3. The summed E-state index contributed by atoms with van der Waals surface area (Å²) < 4.78 is 2.46. The van der Waals surface area contributed by atoms with E-state index in [1.807, 2.05) is 12.1 Å². The van der Waals surface area contributed by atoms with E-state index in [9.17, 15) is 0 Å². The Bertz CT molecular complexity index is 2770. The van der Waals surface area contributed by atoms with E-state index in [0.29, 0.717) is 0 Å². The summed E-state index contributed by atoms with van der Waals surface area (Å²) in [4.78, 5) is 10.4. The summed E-state index contributed by atoms with van der Waals surface area (Å²) in [5.41, 5.74) is 13.9. The van der Waals surface area contributed by atoms with Gasteiger partial charge in [0.15, 0.2) is 0 Å². The van der Waals surface area contributed by atoms with Crippen molar-refractivity contribution in [2.75, 3.05) is 0 Å².